The number of carbonyl (C=O) groups is 1. The Morgan fingerprint density at radius 2 is 2.31 bits per heavy atom. The molecule has 16 heavy (non-hydrogen) atoms. The van der Waals surface area contributed by atoms with E-state index < -0.39 is 0 Å². The van der Waals surface area contributed by atoms with Crippen molar-refractivity contribution in [3.05, 3.63) is 16.4 Å². The molecule has 2 heterocycles. The highest BCUT2D eigenvalue weighted by molar-refractivity contribution is 6.33. The van der Waals surface area contributed by atoms with E-state index in [2.05, 4.69) is 10.2 Å². The van der Waals surface area contributed by atoms with Gasteiger partial charge in [0.15, 0.2) is 10.3 Å². The summed E-state index contributed by atoms with van der Waals surface area (Å²) in [6.45, 7) is 1.46. The predicted molar refractivity (Wildman–Crippen MR) is 60.1 cm³/mol. The van der Waals surface area contributed by atoms with E-state index in [9.17, 15) is 4.79 Å². The third-order valence-electron chi connectivity index (χ3n) is 2.33. The maximum absolute atomic E-state index is 10.9. The van der Waals surface area contributed by atoms with Crippen molar-refractivity contribution in [1.29, 1.82) is 0 Å². The summed E-state index contributed by atoms with van der Waals surface area (Å²) in [6.07, 6.45) is 0.823. The van der Waals surface area contributed by atoms with E-state index >= 15 is 0 Å². The first-order valence-electron chi connectivity index (χ1n) is 4.71. The van der Waals surface area contributed by atoms with Crippen molar-refractivity contribution in [2.75, 3.05) is 24.7 Å². The topological polar surface area (TPSA) is 55.3 Å². The van der Waals surface area contributed by atoms with Gasteiger partial charge in [-0.3, -0.25) is 0 Å². The van der Waals surface area contributed by atoms with Crippen LogP contribution in [0.15, 0.2) is 6.07 Å². The minimum atomic E-state index is -0.355. The summed E-state index contributed by atoms with van der Waals surface area (Å²) in [4.78, 5) is 12.7. The van der Waals surface area contributed by atoms with Gasteiger partial charge in [-0.1, -0.05) is 23.2 Å². The molecule has 0 saturated carbocycles. The van der Waals surface area contributed by atoms with Gasteiger partial charge in [0.05, 0.1) is 18.9 Å². The van der Waals surface area contributed by atoms with Crippen molar-refractivity contribution in [1.82, 2.24) is 10.2 Å². The zero-order chi connectivity index (χ0) is 11.5. The lowest BCUT2D eigenvalue weighted by molar-refractivity contribution is -0.111. The lowest BCUT2D eigenvalue weighted by Crippen LogP contribution is -2.46. The smallest absolute Gasteiger partial charge is 0.175 e. The second-order valence-corrected chi connectivity index (χ2v) is 4.06. The Morgan fingerprint density at radius 1 is 1.50 bits per heavy atom. The summed E-state index contributed by atoms with van der Waals surface area (Å²) >= 11 is 11.7. The number of anilines is 1. The molecule has 2 rings (SSSR count). The van der Waals surface area contributed by atoms with Crippen molar-refractivity contribution in [2.24, 2.45) is 0 Å². The summed E-state index contributed by atoms with van der Waals surface area (Å²) in [5.74, 6) is 0. The lowest BCUT2D eigenvalue weighted by Gasteiger charge is -2.34. The minimum Gasteiger partial charge on any atom is -0.377 e. The van der Waals surface area contributed by atoms with E-state index in [0.29, 0.717) is 25.4 Å². The van der Waals surface area contributed by atoms with Crippen molar-refractivity contribution < 1.29 is 9.53 Å². The minimum absolute atomic E-state index is 0.234. The van der Waals surface area contributed by atoms with E-state index in [-0.39, 0.29) is 16.3 Å². The Morgan fingerprint density at radius 3 is 3.06 bits per heavy atom. The van der Waals surface area contributed by atoms with Gasteiger partial charge in [-0.2, -0.15) is 0 Å². The summed E-state index contributed by atoms with van der Waals surface area (Å²) in [6, 6.07) is 1.24. The van der Waals surface area contributed by atoms with E-state index in [4.69, 9.17) is 27.9 Å². The maximum Gasteiger partial charge on any atom is 0.175 e. The van der Waals surface area contributed by atoms with Crippen LogP contribution in [0.3, 0.4) is 0 Å². The molecule has 1 aromatic heterocycles. The molecule has 86 valence electrons. The quantitative estimate of drug-likeness (QED) is 0.749. The van der Waals surface area contributed by atoms with E-state index in [1.54, 1.807) is 6.07 Å². The molecule has 0 amide bonds. The van der Waals surface area contributed by atoms with Crippen LogP contribution in [0, 0.1) is 0 Å². The van der Waals surface area contributed by atoms with Gasteiger partial charge in [-0.25, -0.2) is 0 Å². The number of halogens is 2. The molecule has 1 aliphatic heterocycles. The highest BCUT2D eigenvalue weighted by atomic mass is 35.5. The number of ether oxygens (including phenoxy) is 1. The molecule has 5 nitrogen and oxygen atoms in total. The molecule has 1 saturated heterocycles. The van der Waals surface area contributed by atoms with Crippen LogP contribution < -0.4 is 4.90 Å². The number of morpholine rings is 1. The van der Waals surface area contributed by atoms with Crippen LogP contribution in [0.1, 0.15) is 0 Å². The molecule has 0 N–H and O–H groups in total. The van der Waals surface area contributed by atoms with Crippen LogP contribution in [0.25, 0.3) is 0 Å². The van der Waals surface area contributed by atoms with Crippen LogP contribution in [-0.2, 0) is 9.53 Å². The van der Waals surface area contributed by atoms with Gasteiger partial charge in [-0.15, -0.1) is 10.2 Å². The molecule has 0 aliphatic carbocycles. The molecule has 1 fully saturated rings. The maximum atomic E-state index is 10.9. The zero-order valence-electron chi connectivity index (χ0n) is 8.27. The van der Waals surface area contributed by atoms with E-state index in [0.717, 1.165) is 6.29 Å². The molecule has 0 radical (unpaired) electrons. The number of hydrogen-bond acceptors (Lipinski definition) is 5. The molecule has 1 aromatic rings. The third-order valence-corrected chi connectivity index (χ3v) is 2.79. The standard InChI is InChI=1S/C9H9Cl2N3O2/c10-8-3-7(9(11)13-12-8)14-1-2-16-5-6(14)4-15/h3-4,6H,1-2,5H2. The first-order valence-corrected chi connectivity index (χ1v) is 5.46. The van der Waals surface area contributed by atoms with Gasteiger partial charge < -0.3 is 14.4 Å². The fourth-order valence-corrected chi connectivity index (χ4v) is 1.92. The Hall–Kier alpha value is -0.910. The van der Waals surface area contributed by atoms with Gasteiger partial charge >= 0.3 is 0 Å². The van der Waals surface area contributed by atoms with Gasteiger partial charge in [0, 0.05) is 12.6 Å². The van der Waals surface area contributed by atoms with Crippen LogP contribution in [0.4, 0.5) is 5.69 Å². The first-order chi connectivity index (χ1) is 7.72. The molecule has 1 aliphatic rings. The highest BCUT2D eigenvalue weighted by Gasteiger charge is 2.25. The highest BCUT2D eigenvalue weighted by Crippen LogP contribution is 2.27. The number of aromatic nitrogens is 2. The fourth-order valence-electron chi connectivity index (χ4n) is 1.58. The second-order valence-electron chi connectivity index (χ2n) is 3.31. The number of aldehydes is 1. The summed E-state index contributed by atoms with van der Waals surface area (Å²) < 4.78 is 5.21. The van der Waals surface area contributed by atoms with Gasteiger partial charge in [-0.05, 0) is 0 Å². The Labute approximate surface area is 102 Å². The van der Waals surface area contributed by atoms with Crippen LogP contribution in [-0.4, -0.2) is 42.3 Å². The molecule has 0 aromatic carbocycles. The van der Waals surface area contributed by atoms with Crippen molar-refractivity contribution >= 4 is 35.2 Å². The van der Waals surface area contributed by atoms with E-state index in [1.807, 2.05) is 4.90 Å². The summed E-state index contributed by atoms with van der Waals surface area (Å²) in [5, 5.41) is 7.81. The average Bonchev–Trinajstić information content (AvgIpc) is 2.32. The molecule has 1 unspecified atom stereocenters. The van der Waals surface area contributed by atoms with Crippen molar-refractivity contribution in [2.45, 2.75) is 6.04 Å². The third kappa shape index (κ3) is 2.26. The molecule has 0 spiro atoms. The number of rotatable bonds is 2. The van der Waals surface area contributed by atoms with Crippen molar-refractivity contribution in [3.63, 3.8) is 0 Å². The number of hydrogen-bond donors (Lipinski definition) is 0. The summed E-state index contributed by atoms with van der Waals surface area (Å²) in [7, 11) is 0. The van der Waals surface area contributed by atoms with E-state index in [1.165, 1.54) is 0 Å². The zero-order valence-corrected chi connectivity index (χ0v) is 9.78. The normalized spacial score (nSPS) is 20.9. The van der Waals surface area contributed by atoms with Crippen molar-refractivity contribution in [3.8, 4) is 0 Å². The average molecular weight is 262 g/mol. The van der Waals surface area contributed by atoms with Gasteiger partial charge in [0.25, 0.3) is 0 Å². The fraction of sp³-hybridized carbons (Fsp3) is 0.444. The largest absolute Gasteiger partial charge is 0.377 e. The Kier molecular flexibility index (Phi) is 3.58. The van der Waals surface area contributed by atoms with Gasteiger partial charge in [0.1, 0.15) is 12.3 Å². The lowest BCUT2D eigenvalue weighted by atomic mass is 10.2. The molecule has 0 bridgehead atoms. The number of carbonyl (C=O) groups excluding carboxylic acids is 1. The monoisotopic (exact) mass is 261 g/mol. The van der Waals surface area contributed by atoms with Crippen LogP contribution >= 0.6 is 23.2 Å². The SMILES string of the molecule is O=CC1COCCN1c1cc(Cl)nnc1Cl. The molecular weight excluding hydrogens is 253 g/mol. The van der Waals surface area contributed by atoms with Gasteiger partial charge in [0.2, 0.25) is 0 Å². The summed E-state index contributed by atoms with van der Waals surface area (Å²) in [5.41, 5.74) is 0.613. The number of nitrogens with zero attached hydrogens (tertiary/aromatic N) is 3. The molecule has 1 atom stereocenters. The Bertz CT molecular complexity index is 402. The molecule has 7 heteroatoms. The van der Waals surface area contributed by atoms with Crippen LogP contribution in [0.2, 0.25) is 10.3 Å². The first kappa shape index (κ1) is 11.6. The Balaban J connectivity index is 2.33. The van der Waals surface area contributed by atoms with Crippen LogP contribution in [0.5, 0.6) is 0 Å². The predicted octanol–water partition coefficient (Wildman–Crippen LogP) is 1.19. The molecular formula is C9H9Cl2N3O2. The second kappa shape index (κ2) is 4.95.